The molecule has 0 aliphatic rings. The van der Waals surface area contributed by atoms with Crippen LogP contribution < -0.4 is 10.6 Å². The van der Waals surface area contributed by atoms with Crippen LogP contribution in [-0.4, -0.2) is 19.0 Å². The summed E-state index contributed by atoms with van der Waals surface area (Å²) in [5.74, 6) is -0.00949. The van der Waals surface area contributed by atoms with E-state index in [0.29, 0.717) is 18.7 Å². The Kier molecular flexibility index (Phi) is 4.53. The van der Waals surface area contributed by atoms with E-state index in [1.165, 1.54) is 0 Å². The molecule has 20 heavy (non-hydrogen) atoms. The Morgan fingerprint density at radius 3 is 2.30 bits per heavy atom. The van der Waals surface area contributed by atoms with Crippen LogP contribution in [0.3, 0.4) is 0 Å². The average molecular weight is 268 g/mol. The van der Waals surface area contributed by atoms with Gasteiger partial charge >= 0.3 is 0 Å². The maximum absolute atomic E-state index is 12.7. The maximum atomic E-state index is 12.7. The van der Waals surface area contributed by atoms with Crippen molar-refractivity contribution >= 4 is 11.6 Å². The summed E-state index contributed by atoms with van der Waals surface area (Å²) in [5, 5.41) is 0. The van der Waals surface area contributed by atoms with Crippen LogP contribution in [0, 0.1) is 13.8 Å². The lowest BCUT2D eigenvalue weighted by Crippen LogP contribution is -2.35. The molecule has 0 radical (unpaired) electrons. The third-order valence-electron chi connectivity index (χ3n) is 3.18. The molecule has 2 aromatic carbocycles. The summed E-state index contributed by atoms with van der Waals surface area (Å²) in [5.41, 5.74) is 9.44. The number of hydrogen-bond donors (Lipinski definition) is 1. The molecule has 0 fully saturated rings. The number of carbonyl (C=O) groups is 1. The number of carbonyl (C=O) groups excluding carboxylic acids is 1. The van der Waals surface area contributed by atoms with Gasteiger partial charge in [-0.1, -0.05) is 29.8 Å². The summed E-state index contributed by atoms with van der Waals surface area (Å²) in [6.45, 7) is 4.94. The summed E-state index contributed by atoms with van der Waals surface area (Å²) in [4.78, 5) is 14.4. The van der Waals surface area contributed by atoms with Crippen LogP contribution in [0.2, 0.25) is 0 Å². The van der Waals surface area contributed by atoms with Gasteiger partial charge in [0.15, 0.2) is 0 Å². The van der Waals surface area contributed by atoms with Crippen LogP contribution in [0.4, 0.5) is 5.69 Å². The predicted octanol–water partition coefficient (Wildman–Crippen LogP) is 2.91. The van der Waals surface area contributed by atoms with E-state index in [1.807, 2.05) is 62.4 Å². The maximum Gasteiger partial charge on any atom is 0.258 e. The molecule has 0 spiro atoms. The molecule has 0 aliphatic carbocycles. The molecular weight excluding hydrogens is 248 g/mol. The lowest BCUT2D eigenvalue weighted by atomic mass is 10.1. The number of aryl methyl sites for hydroxylation is 2. The van der Waals surface area contributed by atoms with Crippen LogP contribution in [0.15, 0.2) is 48.5 Å². The summed E-state index contributed by atoms with van der Waals surface area (Å²) < 4.78 is 0. The van der Waals surface area contributed by atoms with E-state index in [4.69, 9.17) is 5.73 Å². The molecule has 1 amide bonds. The topological polar surface area (TPSA) is 46.3 Å². The highest BCUT2D eigenvalue weighted by Gasteiger charge is 2.17. The Morgan fingerprint density at radius 2 is 1.70 bits per heavy atom. The molecule has 0 saturated carbocycles. The van der Waals surface area contributed by atoms with Gasteiger partial charge in [0, 0.05) is 24.3 Å². The van der Waals surface area contributed by atoms with Gasteiger partial charge in [0.05, 0.1) is 0 Å². The second kappa shape index (κ2) is 6.35. The summed E-state index contributed by atoms with van der Waals surface area (Å²) >= 11 is 0. The summed E-state index contributed by atoms with van der Waals surface area (Å²) in [6, 6.07) is 15.5. The molecule has 0 atom stereocenters. The zero-order valence-corrected chi connectivity index (χ0v) is 12.0. The molecule has 3 nitrogen and oxygen atoms in total. The number of hydrogen-bond acceptors (Lipinski definition) is 2. The van der Waals surface area contributed by atoms with E-state index < -0.39 is 0 Å². The van der Waals surface area contributed by atoms with Crippen LogP contribution >= 0.6 is 0 Å². The van der Waals surface area contributed by atoms with Crippen LogP contribution in [-0.2, 0) is 0 Å². The van der Waals surface area contributed by atoms with Gasteiger partial charge in [0.1, 0.15) is 0 Å². The van der Waals surface area contributed by atoms with Crippen LogP contribution in [0.25, 0.3) is 0 Å². The van der Waals surface area contributed by atoms with E-state index >= 15 is 0 Å². The fourth-order valence-electron chi connectivity index (χ4n) is 2.21. The number of amides is 1. The normalized spacial score (nSPS) is 10.3. The zero-order chi connectivity index (χ0) is 14.5. The standard InChI is InChI=1S/C17H20N2O/c1-13-5-3-7-15(11-13)17(20)19(10-9-18)16-8-4-6-14(2)12-16/h3-8,11-12H,9-10,18H2,1-2H3. The van der Waals surface area contributed by atoms with Gasteiger partial charge in [-0.3, -0.25) is 4.79 Å². The van der Waals surface area contributed by atoms with Crippen molar-refractivity contribution in [3.63, 3.8) is 0 Å². The van der Waals surface area contributed by atoms with Gasteiger partial charge in [0.2, 0.25) is 0 Å². The van der Waals surface area contributed by atoms with Crippen molar-refractivity contribution in [1.29, 1.82) is 0 Å². The first-order valence-corrected chi connectivity index (χ1v) is 6.77. The van der Waals surface area contributed by atoms with Gasteiger partial charge in [-0.05, 0) is 43.7 Å². The molecule has 0 bridgehead atoms. The quantitative estimate of drug-likeness (QED) is 0.926. The highest BCUT2D eigenvalue weighted by Crippen LogP contribution is 2.18. The average Bonchev–Trinajstić information content (AvgIpc) is 2.44. The highest BCUT2D eigenvalue weighted by molar-refractivity contribution is 6.06. The monoisotopic (exact) mass is 268 g/mol. The first-order chi connectivity index (χ1) is 9.61. The molecule has 3 heteroatoms. The number of nitrogens with two attached hydrogens (primary N) is 1. The minimum atomic E-state index is -0.00949. The second-order valence-electron chi connectivity index (χ2n) is 4.95. The third kappa shape index (κ3) is 3.25. The van der Waals surface area contributed by atoms with E-state index in [0.717, 1.165) is 16.8 Å². The number of benzene rings is 2. The van der Waals surface area contributed by atoms with Crippen LogP contribution in [0.1, 0.15) is 21.5 Å². The molecule has 0 saturated heterocycles. The van der Waals surface area contributed by atoms with E-state index in [2.05, 4.69) is 0 Å². The van der Waals surface area contributed by atoms with E-state index in [9.17, 15) is 4.79 Å². The molecular formula is C17H20N2O. The first kappa shape index (κ1) is 14.3. The van der Waals surface area contributed by atoms with Crippen molar-refractivity contribution in [3.8, 4) is 0 Å². The molecule has 2 N–H and O–H groups in total. The van der Waals surface area contributed by atoms with Gasteiger partial charge in [0.25, 0.3) is 5.91 Å². The lowest BCUT2D eigenvalue weighted by molar-refractivity contribution is 0.0987. The number of rotatable bonds is 4. The third-order valence-corrected chi connectivity index (χ3v) is 3.18. The van der Waals surface area contributed by atoms with Crippen molar-refractivity contribution in [1.82, 2.24) is 0 Å². The Labute approximate surface area is 120 Å². The molecule has 2 aromatic rings. The van der Waals surface area contributed by atoms with Crippen molar-refractivity contribution in [2.45, 2.75) is 13.8 Å². The molecule has 0 aliphatic heterocycles. The van der Waals surface area contributed by atoms with E-state index in [1.54, 1.807) is 4.90 Å². The lowest BCUT2D eigenvalue weighted by Gasteiger charge is -2.23. The minimum Gasteiger partial charge on any atom is -0.329 e. The summed E-state index contributed by atoms with van der Waals surface area (Å²) in [7, 11) is 0. The Bertz CT molecular complexity index is 607. The van der Waals surface area contributed by atoms with Crippen molar-refractivity contribution in [2.75, 3.05) is 18.0 Å². The second-order valence-corrected chi connectivity index (χ2v) is 4.95. The van der Waals surface area contributed by atoms with Gasteiger partial charge < -0.3 is 10.6 Å². The molecule has 2 rings (SSSR count). The largest absolute Gasteiger partial charge is 0.329 e. The van der Waals surface area contributed by atoms with Crippen molar-refractivity contribution in [2.24, 2.45) is 5.73 Å². The Balaban J connectivity index is 2.35. The molecule has 0 unspecified atom stereocenters. The first-order valence-electron chi connectivity index (χ1n) is 6.77. The fourth-order valence-corrected chi connectivity index (χ4v) is 2.21. The predicted molar refractivity (Wildman–Crippen MR) is 83.1 cm³/mol. The fraction of sp³-hybridized carbons (Fsp3) is 0.235. The van der Waals surface area contributed by atoms with Gasteiger partial charge in [-0.15, -0.1) is 0 Å². The highest BCUT2D eigenvalue weighted by atomic mass is 16.2. The zero-order valence-electron chi connectivity index (χ0n) is 12.0. The number of nitrogens with zero attached hydrogens (tertiary/aromatic N) is 1. The molecule has 0 heterocycles. The number of anilines is 1. The Hall–Kier alpha value is -2.13. The van der Waals surface area contributed by atoms with E-state index in [-0.39, 0.29) is 5.91 Å². The van der Waals surface area contributed by atoms with Gasteiger partial charge in [-0.25, -0.2) is 0 Å². The van der Waals surface area contributed by atoms with Gasteiger partial charge in [-0.2, -0.15) is 0 Å². The van der Waals surface area contributed by atoms with Crippen LogP contribution in [0.5, 0.6) is 0 Å². The molecule has 104 valence electrons. The summed E-state index contributed by atoms with van der Waals surface area (Å²) in [6.07, 6.45) is 0. The minimum absolute atomic E-state index is 0.00949. The van der Waals surface area contributed by atoms with Crippen molar-refractivity contribution < 1.29 is 4.79 Å². The van der Waals surface area contributed by atoms with Crippen molar-refractivity contribution in [3.05, 3.63) is 65.2 Å². The molecule has 0 aromatic heterocycles. The SMILES string of the molecule is Cc1cccc(C(=O)N(CCN)c2cccc(C)c2)c1. The Morgan fingerprint density at radius 1 is 1.05 bits per heavy atom. The smallest absolute Gasteiger partial charge is 0.258 e.